The number of likely N-dealkylation sites (N-methyl/N-ethyl adjacent to an activating group) is 1. The Bertz CT molecular complexity index is 138. The van der Waals surface area contributed by atoms with E-state index < -0.39 is 5.60 Å². The number of aliphatic hydroxyl groups excluding tert-OH is 1. The topological polar surface area (TPSA) is 43.7 Å². The van der Waals surface area contributed by atoms with Crippen LogP contribution in [0, 0.1) is 5.92 Å². The van der Waals surface area contributed by atoms with Crippen molar-refractivity contribution < 1.29 is 10.2 Å². The van der Waals surface area contributed by atoms with Crippen LogP contribution in [0.4, 0.5) is 0 Å². The van der Waals surface area contributed by atoms with Crippen LogP contribution in [0.5, 0.6) is 0 Å². The highest BCUT2D eigenvalue weighted by atomic mass is 16.3. The van der Waals surface area contributed by atoms with Gasteiger partial charge < -0.3 is 15.1 Å². The zero-order chi connectivity index (χ0) is 12.5. The lowest BCUT2D eigenvalue weighted by Crippen LogP contribution is -2.51. The molecule has 1 aliphatic rings. The van der Waals surface area contributed by atoms with E-state index in [0.29, 0.717) is 6.54 Å². The van der Waals surface area contributed by atoms with Crippen LogP contribution in [0.3, 0.4) is 0 Å². The highest BCUT2D eigenvalue weighted by Crippen LogP contribution is 2.25. The maximum atomic E-state index is 9.80. The van der Waals surface area contributed by atoms with Crippen molar-refractivity contribution in [2.45, 2.75) is 46.6 Å². The van der Waals surface area contributed by atoms with Gasteiger partial charge >= 0.3 is 0 Å². The lowest BCUT2D eigenvalue weighted by Gasteiger charge is -2.40. The molecule has 2 N–H and O–H groups in total. The lowest BCUT2D eigenvalue weighted by molar-refractivity contribution is -0.0732. The fraction of sp³-hybridized carbons (Fsp3) is 1.00. The second-order valence-corrected chi connectivity index (χ2v) is 3.76. The molecular weight excluding hydrogens is 190 g/mol. The zero-order valence-corrected chi connectivity index (χ0v) is 11.2. The molecule has 2 unspecified atom stereocenters. The molecular formula is C12H29NO2. The first-order chi connectivity index (χ1) is 7.06. The van der Waals surface area contributed by atoms with Crippen LogP contribution in [0.25, 0.3) is 0 Å². The van der Waals surface area contributed by atoms with Crippen LogP contribution < -0.4 is 0 Å². The second-order valence-electron chi connectivity index (χ2n) is 3.76. The summed E-state index contributed by atoms with van der Waals surface area (Å²) >= 11 is 0. The third-order valence-corrected chi connectivity index (χ3v) is 2.55. The Labute approximate surface area is 95.1 Å². The van der Waals surface area contributed by atoms with E-state index in [4.69, 9.17) is 5.11 Å². The first-order valence-corrected chi connectivity index (χ1v) is 6.08. The van der Waals surface area contributed by atoms with Crippen LogP contribution in [0.1, 0.15) is 41.0 Å². The van der Waals surface area contributed by atoms with E-state index in [-0.39, 0.29) is 12.5 Å². The predicted molar refractivity (Wildman–Crippen MR) is 66.0 cm³/mol. The van der Waals surface area contributed by atoms with Gasteiger partial charge in [0.1, 0.15) is 0 Å². The maximum Gasteiger partial charge on any atom is 0.0796 e. The third-order valence-electron chi connectivity index (χ3n) is 2.55. The van der Waals surface area contributed by atoms with E-state index >= 15 is 0 Å². The molecule has 1 fully saturated rings. The van der Waals surface area contributed by atoms with Crippen molar-refractivity contribution in [1.82, 2.24) is 4.90 Å². The van der Waals surface area contributed by atoms with Gasteiger partial charge in [-0.25, -0.2) is 0 Å². The van der Waals surface area contributed by atoms with Gasteiger partial charge in [0, 0.05) is 19.1 Å². The minimum absolute atomic E-state index is 0.0544. The summed E-state index contributed by atoms with van der Waals surface area (Å²) in [4.78, 5) is 2.09. The molecule has 1 rings (SSSR count). The highest BCUT2D eigenvalue weighted by molar-refractivity contribution is 4.88. The number of nitrogens with zero attached hydrogens (tertiary/aromatic N) is 1. The van der Waals surface area contributed by atoms with E-state index in [1.807, 2.05) is 34.7 Å². The van der Waals surface area contributed by atoms with Gasteiger partial charge in [0.25, 0.3) is 0 Å². The molecule has 1 saturated heterocycles. The molecule has 2 atom stereocenters. The molecule has 94 valence electrons. The number of hydrogen-bond donors (Lipinski definition) is 2. The molecule has 3 heteroatoms. The number of rotatable bonds is 1. The highest BCUT2D eigenvalue weighted by Gasteiger charge is 2.35. The summed E-state index contributed by atoms with van der Waals surface area (Å²) in [6.45, 7) is 11.5. The molecule has 0 aliphatic carbocycles. The summed E-state index contributed by atoms with van der Waals surface area (Å²) in [5.74, 6) is 0.0544. The summed E-state index contributed by atoms with van der Waals surface area (Å²) in [5, 5.41) is 18.7. The van der Waals surface area contributed by atoms with Crippen LogP contribution >= 0.6 is 0 Å². The minimum atomic E-state index is -0.707. The summed E-state index contributed by atoms with van der Waals surface area (Å²) < 4.78 is 0. The predicted octanol–water partition coefficient (Wildman–Crippen LogP) is 1.73. The van der Waals surface area contributed by atoms with Gasteiger partial charge in [0.15, 0.2) is 0 Å². The third kappa shape index (κ3) is 6.13. The molecule has 0 aromatic rings. The summed E-state index contributed by atoms with van der Waals surface area (Å²) in [6.07, 6.45) is 0.889. The SMILES string of the molecule is CC.CC.CN1CCC(CO)C(C)(O)C1. The van der Waals surface area contributed by atoms with Gasteiger partial charge in [-0.3, -0.25) is 0 Å². The first kappa shape index (κ1) is 17.3. The fourth-order valence-corrected chi connectivity index (χ4v) is 1.73. The smallest absolute Gasteiger partial charge is 0.0796 e. The van der Waals surface area contributed by atoms with Gasteiger partial charge in [0.2, 0.25) is 0 Å². The van der Waals surface area contributed by atoms with E-state index in [2.05, 4.69) is 4.90 Å². The van der Waals surface area contributed by atoms with Crippen molar-refractivity contribution in [3.63, 3.8) is 0 Å². The second kappa shape index (κ2) is 9.13. The summed E-state index contributed by atoms with van der Waals surface area (Å²) in [5.41, 5.74) is -0.707. The van der Waals surface area contributed by atoms with E-state index in [1.165, 1.54) is 0 Å². The molecule has 0 amide bonds. The number of β-amino-alcohol motifs (C(OH)–C–C–N with tert-alkyl or cyclic N) is 1. The Balaban J connectivity index is 0. The molecule has 0 radical (unpaired) electrons. The Morgan fingerprint density at radius 3 is 2.07 bits per heavy atom. The van der Waals surface area contributed by atoms with E-state index in [0.717, 1.165) is 13.0 Å². The Hall–Kier alpha value is -0.120. The zero-order valence-electron chi connectivity index (χ0n) is 11.2. The Kier molecular flexibility index (Phi) is 10.5. The van der Waals surface area contributed by atoms with Crippen molar-refractivity contribution in [2.24, 2.45) is 5.92 Å². The molecule has 1 aliphatic heterocycles. The monoisotopic (exact) mass is 219 g/mol. The Morgan fingerprint density at radius 2 is 1.73 bits per heavy atom. The fourth-order valence-electron chi connectivity index (χ4n) is 1.73. The average Bonchev–Trinajstić information content (AvgIpc) is 2.22. The number of piperidine rings is 1. The van der Waals surface area contributed by atoms with Crippen LogP contribution in [-0.4, -0.2) is 47.5 Å². The van der Waals surface area contributed by atoms with Gasteiger partial charge in [-0.1, -0.05) is 27.7 Å². The molecule has 0 saturated carbocycles. The summed E-state index contributed by atoms with van der Waals surface area (Å²) in [7, 11) is 1.99. The molecule has 1 heterocycles. The van der Waals surface area contributed by atoms with Crippen molar-refractivity contribution in [1.29, 1.82) is 0 Å². The quantitative estimate of drug-likeness (QED) is 0.706. The average molecular weight is 219 g/mol. The Morgan fingerprint density at radius 1 is 1.27 bits per heavy atom. The van der Waals surface area contributed by atoms with E-state index in [9.17, 15) is 5.11 Å². The normalized spacial score (nSPS) is 30.8. The summed E-state index contributed by atoms with van der Waals surface area (Å²) in [6, 6.07) is 0. The van der Waals surface area contributed by atoms with E-state index in [1.54, 1.807) is 6.92 Å². The molecule has 0 spiro atoms. The van der Waals surface area contributed by atoms with Gasteiger partial charge in [-0.05, 0) is 26.9 Å². The van der Waals surface area contributed by atoms with Crippen molar-refractivity contribution in [2.75, 3.05) is 26.7 Å². The largest absolute Gasteiger partial charge is 0.396 e. The van der Waals surface area contributed by atoms with Crippen molar-refractivity contribution in [3.05, 3.63) is 0 Å². The number of aliphatic hydroxyl groups is 2. The number of likely N-dealkylation sites (tertiary alicyclic amines) is 1. The molecule has 3 nitrogen and oxygen atoms in total. The van der Waals surface area contributed by atoms with Crippen LogP contribution in [-0.2, 0) is 0 Å². The number of hydrogen-bond acceptors (Lipinski definition) is 3. The molecule has 0 aromatic heterocycles. The molecule has 0 bridgehead atoms. The molecule has 15 heavy (non-hydrogen) atoms. The van der Waals surface area contributed by atoms with Gasteiger partial charge in [0.05, 0.1) is 5.60 Å². The minimum Gasteiger partial charge on any atom is -0.396 e. The standard InChI is InChI=1S/C8H17NO2.2C2H6/c1-8(11)6-9(2)4-3-7(8)5-10;2*1-2/h7,10-11H,3-6H2,1-2H3;2*1-2H3. The molecule has 0 aromatic carbocycles. The van der Waals surface area contributed by atoms with Crippen molar-refractivity contribution in [3.8, 4) is 0 Å². The first-order valence-electron chi connectivity index (χ1n) is 6.08. The maximum absolute atomic E-state index is 9.80. The van der Waals surface area contributed by atoms with Crippen molar-refractivity contribution >= 4 is 0 Å². The van der Waals surface area contributed by atoms with Crippen LogP contribution in [0.15, 0.2) is 0 Å². The van der Waals surface area contributed by atoms with Gasteiger partial charge in [-0.15, -0.1) is 0 Å². The lowest BCUT2D eigenvalue weighted by atomic mass is 9.83. The van der Waals surface area contributed by atoms with Gasteiger partial charge in [-0.2, -0.15) is 0 Å². The van der Waals surface area contributed by atoms with Crippen LogP contribution in [0.2, 0.25) is 0 Å².